The summed E-state index contributed by atoms with van der Waals surface area (Å²) in [5, 5.41) is 14.2. The number of aliphatic hydroxyl groups excluding tert-OH is 1. The summed E-state index contributed by atoms with van der Waals surface area (Å²) in [6, 6.07) is 9.53. The maximum atomic E-state index is 13.1. The lowest BCUT2D eigenvalue weighted by Crippen LogP contribution is -2.29. The Bertz CT molecular complexity index is 1250. The number of amides is 1. The number of carbonyl (C=O) groups is 2. The molecule has 0 spiro atoms. The molecule has 0 saturated heterocycles. The molecule has 33 heavy (non-hydrogen) atoms. The van der Waals surface area contributed by atoms with Crippen LogP contribution in [0.2, 0.25) is 0 Å². The van der Waals surface area contributed by atoms with Gasteiger partial charge in [0.1, 0.15) is 5.65 Å². The zero-order chi connectivity index (χ0) is 23.3. The van der Waals surface area contributed by atoms with Crippen LogP contribution in [0.4, 0.5) is 5.69 Å². The summed E-state index contributed by atoms with van der Waals surface area (Å²) in [5.74, 6) is -0.348. The van der Waals surface area contributed by atoms with Gasteiger partial charge in [-0.25, -0.2) is 4.98 Å². The fourth-order valence-corrected chi connectivity index (χ4v) is 5.41. The van der Waals surface area contributed by atoms with Crippen LogP contribution in [0.5, 0.6) is 0 Å². The monoisotopic (exact) mass is 446 g/mol. The minimum atomic E-state index is -0.492. The molecular weight excluding hydrogens is 416 g/mol. The third-order valence-electron chi connectivity index (χ3n) is 6.97. The molecule has 0 unspecified atom stereocenters. The predicted octanol–water partition coefficient (Wildman–Crippen LogP) is 3.99. The van der Waals surface area contributed by atoms with Gasteiger partial charge in [-0.2, -0.15) is 0 Å². The Labute approximate surface area is 193 Å². The van der Waals surface area contributed by atoms with Crippen LogP contribution < -0.4 is 11.1 Å². The van der Waals surface area contributed by atoms with Crippen molar-refractivity contribution < 1.29 is 14.7 Å². The van der Waals surface area contributed by atoms with Crippen molar-refractivity contribution in [2.45, 2.75) is 64.5 Å². The average Bonchev–Trinajstić information content (AvgIpc) is 3.08. The number of carbonyl (C=O) groups excluding carboxylic acids is 2. The van der Waals surface area contributed by atoms with Gasteiger partial charge < -0.3 is 16.2 Å². The molecule has 0 bridgehead atoms. The molecule has 2 heterocycles. The van der Waals surface area contributed by atoms with E-state index in [0.29, 0.717) is 17.7 Å². The van der Waals surface area contributed by atoms with Crippen LogP contribution >= 0.6 is 0 Å². The fraction of sp³-hybridized carbons (Fsp3) is 0.423. The van der Waals surface area contributed by atoms with Gasteiger partial charge in [-0.1, -0.05) is 13.8 Å². The maximum absolute atomic E-state index is 13.1. The molecule has 172 valence electrons. The van der Waals surface area contributed by atoms with Gasteiger partial charge in [-0.15, -0.1) is 0 Å². The highest BCUT2D eigenvalue weighted by atomic mass is 16.3. The number of hydrogen-bond acceptors (Lipinski definition) is 5. The van der Waals surface area contributed by atoms with E-state index >= 15 is 0 Å². The lowest BCUT2D eigenvalue weighted by Gasteiger charge is -2.30. The van der Waals surface area contributed by atoms with Gasteiger partial charge in [0.2, 0.25) is 0 Å². The molecule has 0 atom stereocenters. The third kappa shape index (κ3) is 3.91. The molecule has 2 aliphatic rings. The van der Waals surface area contributed by atoms with Crippen molar-refractivity contribution in [2.24, 2.45) is 11.1 Å². The van der Waals surface area contributed by atoms with E-state index in [2.05, 4.69) is 28.7 Å². The van der Waals surface area contributed by atoms with Crippen LogP contribution in [0.15, 0.2) is 36.5 Å². The van der Waals surface area contributed by atoms with Crippen LogP contribution in [0.1, 0.15) is 72.4 Å². The Morgan fingerprint density at radius 3 is 2.67 bits per heavy atom. The Hall–Kier alpha value is -3.19. The zero-order valence-electron chi connectivity index (χ0n) is 19.1. The second-order valence-corrected chi connectivity index (χ2v) is 10.2. The summed E-state index contributed by atoms with van der Waals surface area (Å²) in [6.45, 7) is 4.23. The predicted molar refractivity (Wildman–Crippen MR) is 128 cm³/mol. The number of pyridine rings is 1. The average molecular weight is 447 g/mol. The molecule has 3 aromatic rings. The van der Waals surface area contributed by atoms with Crippen molar-refractivity contribution in [3.63, 3.8) is 0 Å². The Morgan fingerprint density at radius 1 is 1.18 bits per heavy atom. The molecule has 2 aromatic heterocycles. The zero-order valence-corrected chi connectivity index (χ0v) is 19.1. The number of anilines is 1. The fourth-order valence-electron chi connectivity index (χ4n) is 5.41. The SMILES string of the molecule is CC1(C)CC(=O)c2c(n(-c3ccc(C(N)=O)c(NC4CCC(O)CC4)c3)c3ncccc23)C1. The molecule has 2 aliphatic carbocycles. The van der Waals surface area contributed by atoms with Crippen molar-refractivity contribution in [3.8, 4) is 5.69 Å². The van der Waals surface area contributed by atoms with Crippen molar-refractivity contribution in [1.82, 2.24) is 9.55 Å². The number of nitrogens with two attached hydrogens (primary N) is 1. The highest BCUT2D eigenvalue weighted by molar-refractivity contribution is 6.10. The Kier molecular flexibility index (Phi) is 5.24. The van der Waals surface area contributed by atoms with Gasteiger partial charge in [-0.05, 0) is 67.9 Å². The maximum Gasteiger partial charge on any atom is 0.250 e. The molecule has 0 aliphatic heterocycles. The van der Waals surface area contributed by atoms with E-state index in [9.17, 15) is 14.7 Å². The number of hydrogen-bond donors (Lipinski definition) is 3. The summed E-state index contributed by atoms with van der Waals surface area (Å²) in [4.78, 5) is 29.9. The summed E-state index contributed by atoms with van der Waals surface area (Å²) in [6.07, 6.45) is 5.88. The molecular formula is C26H30N4O3. The number of ketones is 1. The third-order valence-corrected chi connectivity index (χ3v) is 6.97. The molecule has 1 amide bonds. The quantitative estimate of drug-likeness (QED) is 0.561. The summed E-state index contributed by atoms with van der Waals surface area (Å²) in [7, 11) is 0. The minimum absolute atomic E-state index is 0.144. The largest absolute Gasteiger partial charge is 0.393 e. The molecule has 1 aromatic carbocycles. The summed E-state index contributed by atoms with van der Waals surface area (Å²) < 4.78 is 2.06. The van der Waals surface area contributed by atoms with Crippen molar-refractivity contribution in [1.29, 1.82) is 0 Å². The normalized spacial score (nSPS) is 22.2. The Morgan fingerprint density at radius 2 is 1.94 bits per heavy atom. The van der Waals surface area contributed by atoms with E-state index in [0.717, 1.165) is 60.1 Å². The molecule has 1 saturated carbocycles. The van der Waals surface area contributed by atoms with Crippen molar-refractivity contribution in [2.75, 3.05) is 5.32 Å². The molecule has 0 radical (unpaired) electrons. The number of nitrogens with zero attached hydrogens (tertiary/aromatic N) is 2. The molecule has 5 rings (SSSR count). The molecule has 1 fully saturated rings. The van der Waals surface area contributed by atoms with Crippen LogP contribution in [-0.2, 0) is 6.42 Å². The highest BCUT2D eigenvalue weighted by Crippen LogP contribution is 2.41. The first-order valence-electron chi connectivity index (χ1n) is 11.6. The van der Waals surface area contributed by atoms with E-state index in [-0.39, 0.29) is 23.3 Å². The number of rotatable bonds is 4. The lowest BCUT2D eigenvalue weighted by atomic mass is 9.75. The number of fused-ring (bicyclic) bond motifs is 3. The number of nitrogens with one attached hydrogen (secondary N) is 1. The lowest BCUT2D eigenvalue weighted by molar-refractivity contribution is 0.0911. The topological polar surface area (TPSA) is 110 Å². The first kappa shape index (κ1) is 21.6. The molecule has 7 heteroatoms. The number of primary amides is 1. The summed E-state index contributed by atoms with van der Waals surface area (Å²) >= 11 is 0. The van der Waals surface area contributed by atoms with E-state index in [4.69, 9.17) is 5.73 Å². The van der Waals surface area contributed by atoms with Crippen LogP contribution in [0.25, 0.3) is 16.7 Å². The van der Waals surface area contributed by atoms with Crippen molar-refractivity contribution in [3.05, 3.63) is 53.3 Å². The first-order valence-corrected chi connectivity index (χ1v) is 11.6. The number of Topliss-reactive ketones (excluding diaryl/α,β-unsaturated/α-hetero) is 1. The van der Waals surface area contributed by atoms with E-state index < -0.39 is 5.91 Å². The van der Waals surface area contributed by atoms with E-state index in [1.807, 2.05) is 24.3 Å². The number of aromatic nitrogens is 2. The number of benzene rings is 1. The van der Waals surface area contributed by atoms with Gasteiger partial charge in [0.05, 0.1) is 11.7 Å². The van der Waals surface area contributed by atoms with Crippen molar-refractivity contribution >= 4 is 28.4 Å². The first-order chi connectivity index (χ1) is 15.7. The van der Waals surface area contributed by atoms with Gasteiger partial charge in [0, 0.05) is 46.7 Å². The van der Waals surface area contributed by atoms with E-state index in [1.54, 1.807) is 12.3 Å². The van der Waals surface area contributed by atoms with Gasteiger partial charge in [-0.3, -0.25) is 14.2 Å². The second kappa shape index (κ2) is 7.99. The minimum Gasteiger partial charge on any atom is -0.393 e. The van der Waals surface area contributed by atoms with Gasteiger partial charge in [0.15, 0.2) is 5.78 Å². The molecule has 7 nitrogen and oxygen atoms in total. The standard InChI is InChI=1S/C26H30N4O3/c1-26(2)13-21-23(22(32)14-26)19-4-3-11-28-25(19)30(21)16-7-10-18(24(27)33)20(12-16)29-15-5-8-17(31)9-6-15/h3-4,7,10-12,15,17,29,31H,5-6,8-9,13-14H2,1-2H3,(H2,27,33). The number of aliphatic hydroxyl groups is 1. The summed E-state index contributed by atoms with van der Waals surface area (Å²) in [5.41, 5.74) is 9.95. The van der Waals surface area contributed by atoms with E-state index in [1.165, 1.54) is 0 Å². The van der Waals surface area contributed by atoms with Crippen LogP contribution in [0, 0.1) is 5.41 Å². The highest BCUT2D eigenvalue weighted by Gasteiger charge is 2.36. The van der Waals surface area contributed by atoms with Crippen LogP contribution in [-0.4, -0.2) is 38.5 Å². The smallest absolute Gasteiger partial charge is 0.250 e. The van der Waals surface area contributed by atoms with Crippen LogP contribution in [0.3, 0.4) is 0 Å². The van der Waals surface area contributed by atoms with Gasteiger partial charge in [0.25, 0.3) is 5.91 Å². The second-order valence-electron chi connectivity index (χ2n) is 10.2. The van der Waals surface area contributed by atoms with Gasteiger partial charge >= 0.3 is 0 Å². The molecule has 4 N–H and O–H groups in total. The Balaban J connectivity index is 1.65.